The van der Waals surface area contributed by atoms with E-state index in [1.165, 1.54) is 0 Å². The van der Waals surface area contributed by atoms with Crippen LogP contribution in [0.5, 0.6) is 0 Å². The molecule has 0 bridgehead atoms. The Morgan fingerprint density at radius 3 is 2.60 bits per heavy atom. The maximum atomic E-state index is 8.55. The number of aliphatic hydroxyl groups excluding tert-OH is 1. The lowest BCUT2D eigenvalue weighted by molar-refractivity contribution is 0.261. The van der Waals surface area contributed by atoms with Crippen molar-refractivity contribution in [2.24, 2.45) is 5.92 Å². The van der Waals surface area contributed by atoms with Crippen molar-refractivity contribution < 1.29 is 9.84 Å². The van der Waals surface area contributed by atoms with Gasteiger partial charge in [-0.15, -0.1) is 0 Å². The van der Waals surface area contributed by atoms with Gasteiger partial charge in [0.1, 0.15) is 0 Å². The summed E-state index contributed by atoms with van der Waals surface area (Å²) < 4.78 is 5.31. The van der Waals surface area contributed by atoms with Gasteiger partial charge in [0.15, 0.2) is 0 Å². The van der Waals surface area contributed by atoms with E-state index in [1.807, 2.05) is 0 Å². The van der Waals surface area contributed by atoms with Gasteiger partial charge in [-0.3, -0.25) is 0 Å². The minimum atomic E-state index is 0.263. The first-order valence-electron chi connectivity index (χ1n) is 4.00. The Kier molecular flexibility index (Phi) is 2.69. The molecule has 0 aromatic heterocycles. The number of ether oxygens (including phenoxy) is 1. The Balaban J connectivity index is 2.02. The van der Waals surface area contributed by atoms with Crippen LogP contribution < -0.4 is 0 Å². The Morgan fingerprint density at radius 1 is 1.40 bits per heavy atom. The van der Waals surface area contributed by atoms with Gasteiger partial charge in [-0.2, -0.15) is 0 Å². The smallest absolute Gasteiger partial charge is 0.0863 e. The molecule has 1 rings (SSSR count). The first-order chi connectivity index (χ1) is 4.74. The largest absolute Gasteiger partial charge is 0.396 e. The molecule has 1 aliphatic rings. The molecule has 2 heteroatoms. The molecule has 0 radical (unpaired) electrons. The summed E-state index contributed by atoms with van der Waals surface area (Å²) in [6.07, 6.45) is 2.78. The number of epoxide rings is 1. The first kappa shape index (κ1) is 8.02. The summed E-state index contributed by atoms with van der Waals surface area (Å²) in [6, 6.07) is 0. The second-order valence-corrected chi connectivity index (χ2v) is 3.35. The Bertz CT molecular complexity index is 101. The molecule has 0 aliphatic carbocycles. The summed E-state index contributed by atoms with van der Waals surface area (Å²) in [7, 11) is 0. The van der Waals surface area contributed by atoms with E-state index >= 15 is 0 Å². The van der Waals surface area contributed by atoms with E-state index in [4.69, 9.17) is 9.84 Å². The van der Waals surface area contributed by atoms with E-state index in [0.29, 0.717) is 18.1 Å². The molecule has 0 saturated carbocycles. The molecule has 0 unspecified atom stereocenters. The highest BCUT2D eigenvalue weighted by Gasteiger charge is 2.37. The quantitative estimate of drug-likeness (QED) is 0.601. The third kappa shape index (κ3) is 2.27. The van der Waals surface area contributed by atoms with E-state index in [1.54, 1.807) is 0 Å². The van der Waals surface area contributed by atoms with Crippen molar-refractivity contribution in [1.29, 1.82) is 0 Å². The van der Waals surface area contributed by atoms with Gasteiger partial charge in [0.05, 0.1) is 12.2 Å². The summed E-state index contributed by atoms with van der Waals surface area (Å²) in [6.45, 7) is 4.65. The minimum absolute atomic E-state index is 0.263. The Morgan fingerprint density at radius 2 is 2.10 bits per heavy atom. The highest BCUT2D eigenvalue weighted by Crippen LogP contribution is 2.30. The van der Waals surface area contributed by atoms with Gasteiger partial charge in [-0.25, -0.2) is 0 Å². The van der Waals surface area contributed by atoms with E-state index < -0.39 is 0 Å². The summed E-state index contributed by atoms with van der Waals surface area (Å²) in [5.74, 6) is 0.716. The second-order valence-electron chi connectivity index (χ2n) is 3.35. The fourth-order valence-electron chi connectivity index (χ4n) is 1.23. The molecular formula is C8H16O2. The molecule has 0 aromatic carbocycles. The van der Waals surface area contributed by atoms with E-state index in [9.17, 15) is 0 Å². The van der Waals surface area contributed by atoms with Crippen LogP contribution in [0.4, 0.5) is 0 Å². The first-order valence-corrected chi connectivity index (χ1v) is 4.00. The number of aliphatic hydroxyl groups is 1. The highest BCUT2D eigenvalue weighted by atomic mass is 16.6. The Hall–Kier alpha value is -0.0800. The van der Waals surface area contributed by atoms with Gasteiger partial charge in [0.2, 0.25) is 0 Å². The zero-order chi connectivity index (χ0) is 7.56. The van der Waals surface area contributed by atoms with E-state index in [-0.39, 0.29) is 6.61 Å². The van der Waals surface area contributed by atoms with Gasteiger partial charge < -0.3 is 9.84 Å². The molecule has 60 valence electrons. The summed E-state index contributed by atoms with van der Waals surface area (Å²) >= 11 is 0. The number of rotatable bonds is 4. The molecule has 0 aromatic rings. The lowest BCUT2D eigenvalue weighted by Gasteiger charge is -1.97. The van der Waals surface area contributed by atoms with Crippen molar-refractivity contribution in [1.82, 2.24) is 0 Å². The average Bonchev–Trinajstić information content (AvgIpc) is 2.47. The molecule has 1 fully saturated rings. The summed E-state index contributed by atoms with van der Waals surface area (Å²) in [5, 5.41) is 8.55. The van der Waals surface area contributed by atoms with Crippen molar-refractivity contribution in [3.05, 3.63) is 0 Å². The van der Waals surface area contributed by atoms with Crippen LogP contribution in [0.3, 0.4) is 0 Å². The SMILES string of the molecule is CC(C)C[C@@H]1O[C@@H]1CCO. The average molecular weight is 144 g/mol. The van der Waals surface area contributed by atoms with Crippen LogP contribution in [0.15, 0.2) is 0 Å². The minimum Gasteiger partial charge on any atom is -0.396 e. The van der Waals surface area contributed by atoms with Gasteiger partial charge in [0.25, 0.3) is 0 Å². The van der Waals surface area contributed by atoms with Crippen molar-refractivity contribution in [3.8, 4) is 0 Å². The van der Waals surface area contributed by atoms with Crippen LogP contribution in [-0.4, -0.2) is 23.9 Å². The molecule has 1 aliphatic heterocycles. The molecule has 2 atom stereocenters. The number of hydrogen-bond acceptors (Lipinski definition) is 2. The molecule has 1 heterocycles. The van der Waals surface area contributed by atoms with Crippen LogP contribution in [0.2, 0.25) is 0 Å². The van der Waals surface area contributed by atoms with Crippen LogP contribution in [0.25, 0.3) is 0 Å². The molecule has 0 spiro atoms. The zero-order valence-electron chi connectivity index (χ0n) is 6.71. The van der Waals surface area contributed by atoms with Crippen molar-refractivity contribution in [2.45, 2.75) is 38.9 Å². The fraction of sp³-hybridized carbons (Fsp3) is 1.00. The molecular weight excluding hydrogens is 128 g/mol. The maximum Gasteiger partial charge on any atom is 0.0863 e. The predicted molar refractivity (Wildman–Crippen MR) is 39.8 cm³/mol. The fourth-order valence-corrected chi connectivity index (χ4v) is 1.23. The van der Waals surface area contributed by atoms with Gasteiger partial charge >= 0.3 is 0 Å². The van der Waals surface area contributed by atoms with Crippen molar-refractivity contribution in [2.75, 3.05) is 6.61 Å². The third-order valence-corrected chi connectivity index (χ3v) is 1.80. The standard InChI is InChI=1S/C8H16O2/c1-6(2)5-8-7(10-8)3-4-9/h6-9H,3-5H2,1-2H3/t7-,8+/m1/s1. The van der Waals surface area contributed by atoms with Gasteiger partial charge in [0, 0.05) is 6.61 Å². The van der Waals surface area contributed by atoms with Crippen molar-refractivity contribution >= 4 is 0 Å². The molecule has 2 nitrogen and oxygen atoms in total. The molecule has 10 heavy (non-hydrogen) atoms. The molecule has 0 amide bonds. The van der Waals surface area contributed by atoms with Crippen LogP contribution in [-0.2, 0) is 4.74 Å². The number of hydrogen-bond donors (Lipinski definition) is 1. The highest BCUT2D eigenvalue weighted by molar-refractivity contribution is 4.84. The van der Waals surface area contributed by atoms with Gasteiger partial charge in [-0.05, 0) is 18.8 Å². The monoisotopic (exact) mass is 144 g/mol. The van der Waals surface area contributed by atoms with E-state index in [0.717, 1.165) is 12.8 Å². The lowest BCUT2D eigenvalue weighted by Crippen LogP contribution is -2.00. The molecule has 1 saturated heterocycles. The summed E-state index contributed by atoms with van der Waals surface area (Å²) in [4.78, 5) is 0. The lowest BCUT2D eigenvalue weighted by atomic mass is 10.1. The topological polar surface area (TPSA) is 32.8 Å². The Labute approximate surface area is 62.2 Å². The maximum absolute atomic E-state index is 8.55. The van der Waals surface area contributed by atoms with Crippen molar-refractivity contribution in [3.63, 3.8) is 0 Å². The third-order valence-electron chi connectivity index (χ3n) is 1.80. The zero-order valence-corrected chi connectivity index (χ0v) is 6.71. The molecule has 1 N–H and O–H groups in total. The van der Waals surface area contributed by atoms with Crippen LogP contribution in [0, 0.1) is 5.92 Å². The predicted octanol–water partition coefficient (Wildman–Crippen LogP) is 1.18. The normalized spacial score (nSPS) is 31.2. The second kappa shape index (κ2) is 3.35. The van der Waals surface area contributed by atoms with Crippen LogP contribution in [0.1, 0.15) is 26.7 Å². The van der Waals surface area contributed by atoms with Gasteiger partial charge in [-0.1, -0.05) is 13.8 Å². The summed E-state index contributed by atoms with van der Waals surface area (Å²) in [5.41, 5.74) is 0. The van der Waals surface area contributed by atoms with Crippen LogP contribution >= 0.6 is 0 Å². The van der Waals surface area contributed by atoms with E-state index in [2.05, 4.69) is 13.8 Å².